The minimum absolute atomic E-state index is 0.0595. The second-order valence-electron chi connectivity index (χ2n) is 5.84. The standard InChI is InChI=1S/C19H20N2O3S/c1-13-4-7-18(24-13)10-21(3)19(22)15-5-8-17(9-6-15)23-11-16-12-25-14(2)20-16/h4-9,12H,10-11H2,1-3H3. The van der Waals surface area contributed by atoms with E-state index < -0.39 is 0 Å². The molecule has 2 aromatic heterocycles. The highest BCUT2D eigenvalue weighted by Gasteiger charge is 2.13. The molecule has 0 atom stereocenters. The fourth-order valence-corrected chi connectivity index (χ4v) is 3.02. The summed E-state index contributed by atoms with van der Waals surface area (Å²) in [6.45, 7) is 4.72. The van der Waals surface area contributed by atoms with Crippen molar-refractivity contribution < 1.29 is 13.9 Å². The Labute approximate surface area is 150 Å². The molecule has 0 saturated carbocycles. The van der Waals surface area contributed by atoms with E-state index in [9.17, 15) is 4.79 Å². The van der Waals surface area contributed by atoms with Crippen LogP contribution < -0.4 is 4.74 Å². The van der Waals surface area contributed by atoms with E-state index in [1.807, 2.05) is 31.4 Å². The van der Waals surface area contributed by atoms with Gasteiger partial charge in [-0.15, -0.1) is 11.3 Å². The number of nitrogens with zero attached hydrogens (tertiary/aromatic N) is 2. The summed E-state index contributed by atoms with van der Waals surface area (Å²) >= 11 is 1.60. The number of carbonyl (C=O) groups is 1. The molecule has 0 bridgehead atoms. The summed E-state index contributed by atoms with van der Waals surface area (Å²) < 4.78 is 11.2. The molecule has 0 aliphatic heterocycles. The zero-order valence-electron chi connectivity index (χ0n) is 14.5. The lowest BCUT2D eigenvalue weighted by Gasteiger charge is -2.16. The Balaban J connectivity index is 1.58. The van der Waals surface area contributed by atoms with Gasteiger partial charge in [-0.2, -0.15) is 0 Å². The van der Waals surface area contributed by atoms with Crippen molar-refractivity contribution in [2.75, 3.05) is 7.05 Å². The maximum atomic E-state index is 12.5. The fourth-order valence-electron chi connectivity index (χ4n) is 2.42. The van der Waals surface area contributed by atoms with E-state index in [0.29, 0.717) is 24.5 Å². The van der Waals surface area contributed by atoms with Gasteiger partial charge in [0.1, 0.15) is 23.9 Å². The van der Waals surface area contributed by atoms with Gasteiger partial charge < -0.3 is 14.1 Å². The van der Waals surface area contributed by atoms with Crippen LogP contribution in [0.2, 0.25) is 0 Å². The van der Waals surface area contributed by atoms with Gasteiger partial charge in [0.25, 0.3) is 5.91 Å². The molecule has 6 heteroatoms. The van der Waals surface area contributed by atoms with Gasteiger partial charge in [-0.1, -0.05) is 0 Å². The van der Waals surface area contributed by atoms with Gasteiger partial charge in [0.2, 0.25) is 0 Å². The summed E-state index contributed by atoms with van der Waals surface area (Å²) in [5.41, 5.74) is 1.53. The monoisotopic (exact) mass is 356 g/mol. The molecule has 0 spiro atoms. The number of amides is 1. The molecular formula is C19H20N2O3S. The van der Waals surface area contributed by atoms with E-state index in [-0.39, 0.29) is 5.91 Å². The molecule has 0 aliphatic carbocycles. The molecule has 0 fully saturated rings. The largest absolute Gasteiger partial charge is 0.487 e. The third kappa shape index (κ3) is 4.48. The minimum Gasteiger partial charge on any atom is -0.487 e. The van der Waals surface area contributed by atoms with Crippen LogP contribution >= 0.6 is 11.3 Å². The fraction of sp³-hybridized carbons (Fsp3) is 0.263. The number of rotatable bonds is 6. The first-order valence-corrected chi connectivity index (χ1v) is 8.84. The molecule has 1 amide bonds. The van der Waals surface area contributed by atoms with Crippen molar-refractivity contribution in [2.45, 2.75) is 27.0 Å². The number of aryl methyl sites for hydroxylation is 2. The number of ether oxygens (including phenoxy) is 1. The molecule has 0 saturated heterocycles. The van der Waals surface area contributed by atoms with Crippen molar-refractivity contribution in [3.05, 3.63) is 69.6 Å². The molecule has 0 radical (unpaired) electrons. The van der Waals surface area contributed by atoms with E-state index in [2.05, 4.69) is 4.98 Å². The average Bonchev–Trinajstić information content (AvgIpc) is 3.21. The summed E-state index contributed by atoms with van der Waals surface area (Å²) in [4.78, 5) is 18.5. The van der Waals surface area contributed by atoms with Crippen LogP contribution in [0.3, 0.4) is 0 Å². The van der Waals surface area contributed by atoms with E-state index in [0.717, 1.165) is 22.2 Å². The molecule has 0 aliphatic rings. The minimum atomic E-state index is -0.0595. The van der Waals surface area contributed by atoms with E-state index in [1.165, 1.54) is 0 Å². The first kappa shape index (κ1) is 17.2. The zero-order valence-corrected chi connectivity index (χ0v) is 15.3. The van der Waals surface area contributed by atoms with Crippen LogP contribution in [0.1, 0.15) is 32.6 Å². The Morgan fingerprint density at radius 2 is 1.96 bits per heavy atom. The number of aromatic nitrogens is 1. The van der Waals surface area contributed by atoms with E-state index in [4.69, 9.17) is 9.15 Å². The summed E-state index contributed by atoms with van der Waals surface area (Å²) in [5, 5.41) is 3.01. The van der Waals surface area contributed by atoms with Gasteiger partial charge in [-0.25, -0.2) is 4.98 Å². The van der Waals surface area contributed by atoms with Crippen LogP contribution in [0.25, 0.3) is 0 Å². The number of hydrogen-bond acceptors (Lipinski definition) is 5. The van der Waals surface area contributed by atoms with E-state index in [1.54, 1.807) is 47.5 Å². The summed E-state index contributed by atoms with van der Waals surface area (Å²) in [5.74, 6) is 2.27. The van der Waals surface area contributed by atoms with Gasteiger partial charge in [-0.3, -0.25) is 4.79 Å². The maximum Gasteiger partial charge on any atom is 0.254 e. The predicted molar refractivity (Wildman–Crippen MR) is 96.9 cm³/mol. The molecule has 25 heavy (non-hydrogen) atoms. The number of hydrogen-bond donors (Lipinski definition) is 0. The van der Waals surface area contributed by atoms with Crippen molar-refractivity contribution >= 4 is 17.2 Å². The number of thiazole rings is 1. The van der Waals surface area contributed by atoms with Gasteiger partial charge in [-0.05, 0) is 50.2 Å². The van der Waals surface area contributed by atoms with Crippen molar-refractivity contribution in [1.29, 1.82) is 0 Å². The Morgan fingerprint density at radius 1 is 1.20 bits per heavy atom. The first-order valence-electron chi connectivity index (χ1n) is 7.96. The number of carbonyl (C=O) groups excluding carboxylic acids is 1. The molecule has 1 aromatic carbocycles. The molecule has 3 aromatic rings. The molecule has 0 unspecified atom stereocenters. The smallest absolute Gasteiger partial charge is 0.254 e. The second-order valence-corrected chi connectivity index (χ2v) is 6.91. The molecule has 3 rings (SSSR count). The Morgan fingerprint density at radius 3 is 2.56 bits per heavy atom. The third-order valence-electron chi connectivity index (χ3n) is 3.69. The topological polar surface area (TPSA) is 55.6 Å². The quantitative estimate of drug-likeness (QED) is 0.664. The number of furan rings is 1. The van der Waals surface area contributed by atoms with Crippen LogP contribution in [-0.4, -0.2) is 22.8 Å². The lowest BCUT2D eigenvalue weighted by atomic mass is 10.2. The summed E-state index contributed by atoms with van der Waals surface area (Å²) in [7, 11) is 1.76. The zero-order chi connectivity index (χ0) is 17.8. The lowest BCUT2D eigenvalue weighted by Crippen LogP contribution is -2.25. The Hall–Kier alpha value is -2.60. The Bertz CT molecular complexity index is 852. The average molecular weight is 356 g/mol. The predicted octanol–water partition coefficient (Wildman–Crippen LogP) is 4.20. The van der Waals surface area contributed by atoms with Gasteiger partial charge >= 0.3 is 0 Å². The normalized spacial score (nSPS) is 10.7. The van der Waals surface area contributed by atoms with Crippen LogP contribution in [0.15, 0.2) is 46.2 Å². The van der Waals surface area contributed by atoms with E-state index >= 15 is 0 Å². The molecular weight excluding hydrogens is 336 g/mol. The molecule has 0 N–H and O–H groups in total. The van der Waals surface area contributed by atoms with Crippen molar-refractivity contribution in [2.24, 2.45) is 0 Å². The first-order chi connectivity index (χ1) is 12.0. The highest BCUT2D eigenvalue weighted by Crippen LogP contribution is 2.17. The Kier molecular flexibility index (Phi) is 5.19. The van der Waals surface area contributed by atoms with Crippen LogP contribution in [0, 0.1) is 13.8 Å². The lowest BCUT2D eigenvalue weighted by molar-refractivity contribution is 0.0775. The highest BCUT2D eigenvalue weighted by molar-refractivity contribution is 7.09. The highest BCUT2D eigenvalue weighted by atomic mass is 32.1. The van der Waals surface area contributed by atoms with Crippen molar-refractivity contribution in [1.82, 2.24) is 9.88 Å². The van der Waals surface area contributed by atoms with Crippen LogP contribution in [0.5, 0.6) is 5.75 Å². The van der Waals surface area contributed by atoms with Gasteiger partial charge in [0.15, 0.2) is 0 Å². The van der Waals surface area contributed by atoms with Crippen LogP contribution in [0.4, 0.5) is 0 Å². The van der Waals surface area contributed by atoms with Crippen molar-refractivity contribution in [3.63, 3.8) is 0 Å². The van der Waals surface area contributed by atoms with Gasteiger partial charge in [0, 0.05) is 18.0 Å². The number of benzene rings is 1. The van der Waals surface area contributed by atoms with Crippen LogP contribution in [-0.2, 0) is 13.2 Å². The molecule has 5 nitrogen and oxygen atoms in total. The second kappa shape index (κ2) is 7.53. The van der Waals surface area contributed by atoms with Gasteiger partial charge in [0.05, 0.1) is 17.2 Å². The van der Waals surface area contributed by atoms with Crippen molar-refractivity contribution in [3.8, 4) is 5.75 Å². The summed E-state index contributed by atoms with van der Waals surface area (Å²) in [6.07, 6.45) is 0. The molecule has 2 heterocycles. The summed E-state index contributed by atoms with van der Waals surface area (Å²) in [6, 6.07) is 10.9. The SMILES string of the molecule is Cc1ccc(CN(C)C(=O)c2ccc(OCc3csc(C)n3)cc2)o1. The third-order valence-corrected chi connectivity index (χ3v) is 4.51. The maximum absolute atomic E-state index is 12.5. The molecule has 130 valence electrons.